The van der Waals surface area contributed by atoms with Gasteiger partial charge < -0.3 is 5.32 Å². The molecule has 0 atom stereocenters. The molecule has 0 spiro atoms. The Morgan fingerprint density at radius 3 is 2.58 bits per heavy atom. The zero-order valence-corrected chi connectivity index (χ0v) is 15.4. The van der Waals surface area contributed by atoms with Crippen molar-refractivity contribution in [3.63, 3.8) is 0 Å². The Labute approximate surface area is 152 Å². The number of hydrogen-bond acceptors (Lipinski definition) is 4. The maximum atomic E-state index is 11.5. The lowest BCUT2D eigenvalue weighted by molar-refractivity contribution is 0.101. The molecule has 3 aromatic rings. The molecule has 0 aliphatic rings. The van der Waals surface area contributed by atoms with Crippen LogP contribution in [0.1, 0.15) is 28.4 Å². The van der Waals surface area contributed by atoms with Gasteiger partial charge in [0.05, 0.1) is 5.69 Å². The van der Waals surface area contributed by atoms with Gasteiger partial charge in [-0.05, 0) is 50.1 Å². The Morgan fingerprint density at radius 2 is 1.88 bits per heavy atom. The molecule has 0 unspecified atom stereocenters. The lowest BCUT2D eigenvalue weighted by Crippen LogP contribution is -1.95. The zero-order chi connectivity index (χ0) is 16.4. The van der Waals surface area contributed by atoms with Crippen molar-refractivity contribution in [2.24, 2.45) is 0 Å². The fraction of sp³-hybridized carbons (Fsp3) is 0.158. The quantitative estimate of drug-likeness (QED) is 0.599. The van der Waals surface area contributed by atoms with E-state index in [4.69, 9.17) is 0 Å². The molecule has 0 amide bonds. The van der Waals surface area contributed by atoms with Gasteiger partial charge in [-0.2, -0.15) is 0 Å². The highest BCUT2D eigenvalue weighted by atomic mass is 35.5. The normalized spacial score (nSPS) is 10.1. The van der Waals surface area contributed by atoms with E-state index >= 15 is 0 Å². The minimum absolute atomic E-state index is 0. The van der Waals surface area contributed by atoms with Crippen molar-refractivity contribution in [1.29, 1.82) is 0 Å². The minimum Gasteiger partial charge on any atom is -0.332 e. The van der Waals surface area contributed by atoms with E-state index in [0.29, 0.717) is 5.56 Å². The zero-order valence-electron chi connectivity index (χ0n) is 13.8. The lowest BCUT2D eigenvalue weighted by Gasteiger charge is -2.04. The number of Topliss-reactive ketones (excluding diaryl/α,β-unsaturated/α-hetero) is 1. The van der Waals surface area contributed by atoms with E-state index in [-0.39, 0.29) is 18.2 Å². The topological polar surface area (TPSA) is 42.0 Å². The van der Waals surface area contributed by atoms with E-state index in [1.54, 1.807) is 18.3 Å². The third kappa shape index (κ3) is 4.02. The molecule has 0 saturated heterocycles. The van der Waals surface area contributed by atoms with Crippen molar-refractivity contribution in [1.82, 2.24) is 4.98 Å². The SMILES string of the molecule is CC(=O)c1cccc(Nc2nc(-c3ccc(C)c(C)c3)cs2)c1.Cl. The average molecular weight is 359 g/mol. The molecule has 0 radical (unpaired) electrons. The van der Waals surface area contributed by atoms with Crippen LogP contribution in [0.5, 0.6) is 0 Å². The highest BCUT2D eigenvalue weighted by Crippen LogP contribution is 2.28. The predicted octanol–water partition coefficient (Wildman–Crippen LogP) is 5.79. The number of ketones is 1. The number of hydrogen-bond donors (Lipinski definition) is 1. The van der Waals surface area contributed by atoms with E-state index in [2.05, 4.69) is 42.3 Å². The molecule has 5 heteroatoms. The Hall–Kier alpha value is -2.17. The molecule has 0 aliphatic heterocycles. The maximum Gasteiger partial charge on any atom is 0.187 e. The highest BCUT2D eigenvalue weighted by Gasteiger charge is 2.07. The van der Waals surface area contributed by atoms with Crippen molar-refractivity contribution in [3.8, 4) is 11.3 Å². The number of nitrogens with one attached hydrogen (secondary N) is 1. The first-order valence-corrected chi connectivity index (χ1v) is 8.32. The van der Waals surface area contributed by atoms with Gasteiger partial charge in [0.1, 0.15) is 0 Å². The second-order valence-corrected chi connectivity index (χ2v) is 6.46. The molecule has 3 nitrogen and oxygen atoms in total. The van der Waals surface area contributed by atoms with Crippen LogP contribution in [-0.4, -0.2) is 10.8 Å². The maximum absolute atomic E-state index is 11.5. The van der Waals surface area contributed by atoms with Gasteiger partial charge in [0.25, 0.3) is 0 Å². The van der Waals surface area contributed by atoms with Crippen LogP contribution in [0.15, 0.2) is 47.8 Å². The second kappa shape index (κ2) is 7.60. The molecule has 3 rings (SSSR count). The van der Waals surface area contributed by atoms with Crippen LogP contribution in [0.3, 0.4) is 0 Å². The van der Waals surface area contributed by atoms with Crippen molar-refractivity contribution in [2.75, 3.05) is 5.32 Å². The van der Waals surface area contributed by atoms with E-state index in [9.17, 15) is 4.79 Å². The standard InChI is InChI=1S/C19H18N2OS.ClH/c1-12-7-8-16(9-13(12)2)18-11-23-19(21-18)20-17-6-4-5-15(10-17)14(3)22;/h4-11H,1-3H3,(H,20,21);1H. The van der Waals surface area contributed by atoms with Crippen molar-refractivity contribution >= 4 is 40.3 Å². The van der Waals surface area contributed by atoms with Crippen molar-refractivity contribution in [3.05, 3.63) is 64.5 Å². The summed E-state index contributed by atoms with van der Waals surface area (Å²) in [5.41, 5.74) is 6.19. The van der Waals surface area contributed by atoms with E-state index in [0.717, 1.165) is 22.1 Å². The lowest BCUT2D eigenvalue weighted by atomic mass is 10.1. The van der Waals surface area contributed by atoms with Gasteiger partial charge in [-0.3, -0.25) is 4.79 Å². The van der Waals surface area contributed by atoms with Gasteiger partial charge in [-0.15, -0.1) is 23.7 Å². The molecule has 0 fully saturated rings. The molecule has 124 valence electrons. The van der Waals surface area contributed by atoms with Crippen LogP contribution in [0.2, 0.25) is 0 Å². The van der Waals surface area contributed by atoms with Crippen LogP contribution in [0.25, 0.3) is 11.3 Å². The molecule has 0 saturated carbocycles. The number of nitrogens with zero attached hydrogens (tertiary/aromatic N) is 1. The molecule has 1 heterocycles. The van der Waals surface area contributed by atoms with Crippen LogP contribution >= 0.6 is 23.7 Å². The number of thiazole rings is 1. The number of halogens is 1. The third-order valence-electron chi connectivity index (χ3n) is 3.83. The van der Waals surface area contributed by atoms with E-state index in [1.165, 1.54) is 11.1 Å². The molecule has 2 aromatic carbocycles. The summed E-state index contributed by atoms with van der Waals surface area (Å²) in [4.78, 5) is 16.1. The van der Waals surface area contributed by atoms with Crippen molar-refractivity contribution in [2.45, 2.75) is 20.8 Å². The fourth-order valence-electron chi connectivity index (χ4n) is 2.30. The number of benzene rings is 2. The van der Waals surface area contributed by atoms with Crippen LogP contribution in [0.4, 0.5) is 10.8 Å². The Morgan fingerprint density at radius 1 is 1.08 bits per heavy atom. The highest BCUT2D eigenvalue weighted by molar-refractivity contribution is 7.14. The van der Waals surface area contributed by atoms with Gasteiger partial charge in [0.15, 0.2) is 10.9 Å². The number of aromatic nitrogens is 1. The van der Waals surface area contributed by atoms with E-state index < -0.39 is 0 Å². The molecular weight excluding hydrogens is 340 g/mol. The first-order chi connectivity index (χ1) is 11.0. The molecular formula is C19H19ClN2OS. The summed E-state index contributed by atoms with van der Waals surface area (Å²) in [6.45, 7) is 5.78. The number of anilines is 2. The number of carbonyl (C=O) groups excluding carboxylic acids is 1. The molecule has 0 bridgehead atoms. The fourth-order valence-corrected chi connectivity index (χ4v) is 3.04. The first kappa shape index (κ1) is 18.2. The largest absolute Gasteiger partial charge is 0.332 e. The van der Waals surface area contributed by atoms with Gasteiger partial charge in [0, 0.05) is 22.2 Å². The summed E-state index contributed by atoms with van der Waals surface area (Å²) in [6.07, 6.45) is 0. The summed E-state index contributed by atoms with van der Waals surface area (Å²) >= 11 is 1.56. The minimum atomic E-state index is 0. The molecule has 1 aromatic heterocycles. The Balaban J connectivity index is 0.00000208. The second-order valence-electron chi connectivity index (χ2n) is 5.60. The summed E-state index contributed by atoms with van der Waals surface area (Å²) in [5, 5.41) is 6.13. The number of rotatable bonds is 4. The Bertz CT molecular complexity index is 873. The van der Waals surface area contributed by atoms with Crippen LogP contribution in [0, 0.1) is 13.8 Å². The summed E-state index contributed by atoms with van der Waals surface area (Å²) in [5.74, 6) is 0.0589. The van der Waals surface area contributed by atoms with Crippen LogP contribution in [-0.2, 0) is 0 Å². The summed E-state index contributed by atoms with van der Waals surface area (Å²) < 4.78 is 0. The predicted molar refractivity (Wildman–Crippen MR) is 104 cm³/mol. The average Bonchev–Trinajstić information content (AvgIpc) is 2.99. The Kier molecular flexibility index (Phi) is 5.75. The third-order valence-corrected chi connectivity index (χ3v) is 4.58. The number of carbonyl (C=O) groups is 1. The van der Waals surface area contributed by atoms with Crippen LogP contribution < -0.4 is 5.32 Å². The van der Waals surface area contributed by atoms with Crippen molar-refractivity contribution < 1.29 is 4.79 Å². The van der Waals surface area contributed by atoms with E-state index in [1.807, 2.05) is 29.6 Å². The van der Waals surface area contributed by atoms with Gasteiger partial charge in [0.2, 0.25) is 0 Å². The van der Waals surface area contributed by atoms with Gasteiger partial charge >= 0.3 is 0 Å². The number of aryl methyl sites for hydroxylation is 2. The molecule has 24 heavy (non-hydrogen) atoms. The smallest absolute Gasteiger partial charge is 0.187 e. The van der Waals surface area contributed by atoms with Gasteiger partial charge in [-0.1, -0.05) is 24.3 Å². The molecule has 1 N–H and O–H groups in total. The first-order valence-electron chi connectivity index (χ1n) is 7.44. The molecule has 0 aliphatic carbocycles. The summed E-state index contributed by atoms with van der Waals surface area (Å²) in [7, 11) is 0. The van der Waals surface area contributed by atoms with Gasteiger partial charge in [-0.25, -0.2) is 4.98 Å². The monoisotopic (exact) mass is 358 g/mol. The summed E-state index contributed by atoms with van der Waals surface area (Å²) in [6, 6.07) is 13.8.